The first-order chi connectivity index (χ1) is 10.4. The molecule has 2 unspecified atom stereocenters. The van der Waals surface area contributed by atoms with Gasteiger partial charge in [0.25, 0.3) is 0 Å². The van der Waals surface area contributed by atoms with Crippen molar-refractivity contribution in [3.63, 3.8) is 0 Å². The molecule has 1 aliphatic rings. The molecule has 0 radical (unpaired) electrons. The van der Waals surface area contributed by atoms with E-state index in [1.165, 1.54) is 11.3 Å². The van der Waals surface area contributed by atoms with E-state index in [2.05, 4.69) is 10.3 Å². The molecule has 1 aliphatic carbocycles. The molecule has 0 aromatic carbocycles. The molecule has 3 N–H and O–H groups in total. The lowest BCUT2D eigenvalue weighted by molar-refractivity contribution is -0.128. The van der Waals surface area contributed by atoms with Crippen LogP contribution in [0, 0.1) is 5.92 Å². The van der Waals surface area contributed by atoms with Crippen molar-refractivity contribution in [2.75, 3.05) is 6.61 Å². The lowest BCUT2D eigenvalue weighted by atomic mass is 9.74. The fraction of sp³-hybridized carbons (Fsp3) is 0.667. The number of nitrogens with two attached hydrogens (primary N) is 1. The quantitative estimate of drug-likeness (QED) is 0.744. The van der Waals surface area contributed by atoms with E-state index in [1.54, 1.807) is 12.3 Å². The number of carbonyl (C=O) groups excluding carboxylic acids is 2. The van der Waals surface area contributed by atoms with E-state index in [9.17, 15) is 9.59 Å². The molecular weight excluding hydrogens is 373 g/mol. The number of carbonyl (C=O) groups is 2. The smallest absolute Gasteiger partial charge is 0.357 e. The summed E-state index contributed by atoms with van der Waals surface area (Å²) in [7, 11) is 0. The molecule has 0 saturated heterocycles. The van der Waals surface area contributed by atoms with Crippen molar-refractivity contribution < 1.29 is 14.3 Å². The van der Waals surface area contributed by atoms with Crippen molar-refractivity contribution in [2.24, 2.45) is 11.7 Å². The molecule has 1 heterocycles. The van der Waals surface area contributed by atoms with Gasteiger partial charge in [-0.1, -0.05) is 12.8 Å². The molecule has 1 aromatic heterocycles. The van der Waals surface area contributed by atoms with Crippen LogP contribution in [0.5, 0.6) is 0 Å². The fourth-order valence-electron chi connectivity index (χ4n) is 2.77. The second-order valence-corrected chi connectivity index (χ2v) is 6.81. The Morgan fingerprint density at radius 3 is 2.79 bits per heavy atom. The van der Waals surface area contributed by atoms with Crippen molar-refractivity contribution >= 4 is 48.0 Å². The number of aromatic nitrogens is 1. The Kier molecular flexibility index (Phi) is 9.80. The predicted octanol–water partition coefficient (Wildman–Crippen LogP) is 2.69. The number of halogens is 2. The molecule has 0 aliphatic heterocycles. The van der Waals surface area contributed by atoms with E-state index >= 15 is 0 Å². The second-order valence-electron chi connectivity index (χ2n) is 5.87. The molecule has 1 aromatic rings. The molecular formula is C15H25Cl2N3O3S. The molecule has 2 atom stereocenters. The number of ether oxygens (including phenoxy) is 1. The molecule has 1 amide bonds. The first kappa shape index (κ1) is 23.1. The van der Waals surface area contributed by atoms with Crippen molar-refractivity contribution in [3.05, 3.63) is 16.1 Å². The van der Waals surface area contributed by atoms with E-state index in [-0.39, 0.29) is 42.3 Å². The van der Waals surface area contributed by atoms with Crippen LogP contribution in [0.3, 0.4) is 0 Å². The summed E-state index contributed by atoms with van der Waals surface area (Å²) in [6.07, 6.45) is 3.81. The van der Waals surface area contributed by atoms with Crippen LogP contribution in [0.25, 0.3) is 0 Å². The van der Waals surface area contributed by atoms with Crippen LogP contribution in [0.4, 0.5) is 0 Å². The van der Waals surface area contributed by atoms with Gasteiger partial charge in [-0.25, -0.2) is 9.78 Å². The van der Waals surface area contributed by atoms with E-state index < -0.39 is 11.5 Å². The third kappa shape index (κ3) is 5.88. The van der Waals surface area contributed by atoms with Crippen molar-refractivity contribution in [1.82, 2.24) is 10.3 Å². The topological polar surface area (TPSA) is 94.3 Å². The maximum atomic E-state index is 12.3. The number of hydrogen-bond acceptors (Lipinski definition) is 6. The molecule has 1 fully saturated rings. The number of nitrogens with zero attached hydrogens (tertiary/aromatic N) is 1. The Bertz CT molecular complexity index is 552. The predicted molar refractivity (Wildman–Crippen MR) is 99.0 cm³/mol. The summed E-state index contributed by atoms with van der Waals surface area (Å²) in [6.45, 7) is 4.33. The monoisotopic (exact) mass is 397 g/mol. The highest BCUT2D eigenvalue weighted by Gasteiger charge is 2.37. The molecule has 9 heteroatoms. The van der Waals surface area contributed by atoms with E-state index in [4.69, 9.17) is 10.5 Å². The Morgan fingerprint density at radius 1 is 1.46 bits per heavy atom. The van der Waals surface area contributed by atoms with Crippen LogP contribution in [-0.4, -0.2) is 29.0 Å². The van der Waals surface area contributed by atoms with E-state index in [0.717, 1.165) is 25.7 Å². The van der Waals surface area contributed by atoms with Crippen LogP contribution in [-0.2, 0) is 16.1 Å². The van der Waals surface area contributed by atoms with Crippen LogP contribution in [0.15, 0.2) is 5.38 Å². The molecule has 0 bridgehead atoms. The van der Waals surface area contributed by atoms with Crippen LogP contribution in [0.2, 0.25) is 0 Å². The zero-order valence-electron chi connectivity index (χ0n) is 13.9. The van der Waals surface area contributed by atoms with Gasteiger partial charge in [0, 0.05) is 10.9 Å². The third-order valence-electron chi connectivity index (χ3n) is 4.02. The van der Waals surface area contributed by atoms with Gasteiger partial charge in [-0.15, -0.1) is 36.2 Å². The summed E-state index contributed by atoms with van der Waals surface area (Å²) < 4.78 is 4.89. The van der Waals surface area contributed by atoms with Crippen molar-refractivity contribution in [1.29, 1.82) is 0 Å². The summed E-state index contributed by atoms with van der Waals surface area (Å²) in [5.74, 6) is -0.624. The summed E-state index contributed by atoms with van der Waals surface area (Å²) in [6, 6.07) is 0. The average Bonchev–Trinajstić information content (AvgIpc) is 2.93. The third-order valence-corrected chi connectivity index (χ3v) is 4.87. The van der Waals surface area contributed by atoms with Gasteiger partial charge >= 0.3 is 5.97 Å². The molecule has 0 spiro atoms. The molecule has 2 rings (SSSR count). The normalized spacial score (nSPS) is 22.7. The number of hydrogen-bond donors (Lipinski definition) is 2. The van der Waals surface area contributed by atoms with Gasteiger partial charge in [0.2, 0.25) is 5.91 Å². The Labute approximate surface area is 158 Å². The van der Waals surface area contributed by atoms with Crippen LogP contribution in [0.1, 0.15) is 55.0 Å². The van der Waals surface area contributed by atoms with E-state index in [1.807, 2.05) is 6.92 Å². The maximum absolute atomic E-state index is 12.3. The summed E-state index contributed by atoms with van der Waals surface area (Å²) in [4.78, 5) is 28.1. The van der Waals surface area contributed by atoms with Crippen LogP contribution >= 0.6 is 36.2 Å². The Morgan fingerprint density at radius 2 is 2.17 bits per heavy atom. The fourth-order valence-corrected chi connectivity index (χ4v) is 3.47. The highest BCUT2D eigenvalue weighted by atomic mass is 35.5. The van der Waals surface area contributed by atoms with Gasteiger partial charge in [0.1, 0.15) is 5.01 Å². The summed E-state index contributed by atoms with van der Waals surface area (Å²) in [5, 5.41) is 5.22. The number of esters is 1. The van der Waals surface area contributed by atoms with Gasteiger partial charge in [-0.3, -0.25) is 4.79 Å². The van der Waals surface area contributed by atoms with E-state index in [0.29, 0.717) is 18.2 Å². The first-order valence-corrected chi connectivity index (χ1v) is 8.50. The summed E-state index contributed by atoms with van der Waals surface area (Å²) >= 11 is 1.33. The van der Waals surface area contributed by atoms with Crippen molar-refractivity contribution in [2.45, 2.75) is 51.6 Å². The lowest BCUT2D eigenvalue weighted by Gasteiger charge is -2.37. The average molecular weight is 398 g/mol. The lowest BCUT2D eigenvalue weighted by Crippen LogP contribution is -2.52. The maximum Gasteiger partial charge on any atom is 0.357 e. The molecule has 6 nitrogen and oxygen atoms in total. The van der Waals surface area contributed by atoms with Crippen LogP contribution < -0.4 is 11.1 Å². The standard InChI is InChI=1S/C15H23N3O3S.2ClH/c1-3-21-14(20)11-9-22-12(18-11)8-17-13(19)10-6-4-5-7-15(10,2)16;;/h9-10H,3-8,16H2,1-2H3,(H,17,19);2*1H. The van der Waals surface area contributed by atoms with Gasteiger partial charge in [0.05, 0.1) is 19.1 Å². The summed E-state index contributed by atoms with van der Waals surface area (Å²) in [5.41, 5.74) is 6.08. The molecule has 1 saturated carbocycles. The van der Waals surface area contributed by atoms with Gasteiger partial charge in [0.15, 0.2) is 5.69 Å². The number of rotatable bonds is 5. The number of thiazole rings is 1. The van der Waals surface area contributed by atoms with Gasteiger partial charge in [-0.2, -0.15) is 0 Å². The minimum absolute atomic E-state index is 0. The highest BCUT2D eigenvalue weighted by Crippen LogP contribution is 2.31. The van der Waals surface area contributed by atoms with Crippen molar-refractivity contribution in [3.8, 4) is 0 Å². The highest BCUT2D eigenvalue weighted by molar-refractivity contribution is 7.09. The second kappa shape index (κ2) is 10.2. The SMILES string of the molecule is CCOC(=O)c1csc(CNC(=O)C2CCCCC2(C)N)n1.Cl.Cl. The van der Waals surface area contributed by atoms with Gasteiger partial charge in [-0.05, 0) is 26.7 Å². The Hall–Kier alpha value is -0.890. The first-order valence-electron chi connectivity index (χ1n) is 7.62. The minimum Gasteiger partial charge on any atom is -0.461 e. The minimum atomic E-state index is -0.443. The van der Waals surface area contributed by atoms with Gasteiger partial charge < -0.3 is 15.8 Å². The molecule has 138 valence electrons. The largest absolute Gasteiger partial charge is 0.461 e. The zero-order chi connectivity index (χ0) is 16.2. The number of nitrogens with one attached hydrogen (secondary N) is 1. The molecule has 24 heavy (non-hydrogen) atoms. The Balaban J connectivity index is 0.00000264. The number of amides is 1. The zero-order valence-corrected chi connectivity index (χ0v) is 16.3.